The van der Waals surface area contributed by atoms with Gasteiger partial charge in [0.15, 0.2) is 11.5 Å². The summed E-state index contributed by atoms with van der Waals surface area (Å²) in [7, 11) is 0. The molecular formula is C12H12N4O. The van der Waals surface area contributed by atoms with Crippen LogP contribution >= 0.6 is 0 Å². The molecule has 1 aromatic carbocycles. The largest absolute Gasteiger partial charge is 0.382 e. The van der Waals surface area contributed by atoms with E-state index in [1.807, 2.05) is 25.1 Å². The number of rotatable bonds is 2. The second-order valence-electron chi connectivity index (χ2n) is 3.61. The van der Waals surface area contributed by atoms with E-state index in [0.29, 0.717) is 5.69 Å². The number of nitrogens with two attached hydrogens (primary N) is 1. The standard InChI is InChI=1S/C12H12N4O/c1-8-3-2-4-9(7-8)16-12(17)10-11(13)15-6-5-14-10/h2-7H,1H3,(H2,13,15)(H,16,17). The highest BCUT2D eigenvalue weighted by molar-refractivity contribution is 6.05. The van der Waals surface area contributed by atoms with E-state index in [0.717, 1.165) is 5.56 Å². The predicted octanol–water partition coefficient (Wildman–Crippen LogP) is 1.62. The van der Waals surface area contributed by atoms with Crippen molar-refractivity contribution in [2.75, 3.05) is 11.1 Å². The minimum absolute atomic E-state index is 0.123. The Hall–Kier alpha value is -2.43. The fourth-order valence-electron chi connectivity index (χ4n) is 1.44. The Labute approximate surface area is 98.7 Å². The number of benzene rings is 1. The first kappa shape index (κ1) is 11.1. The van der Waals surface area contributed by atoms with Gasteiger partial charge in [-0.3, -0.25) is 4.79 Å². The molecule has 0 aliphatic rings. The lowest BCUT2D eigenvalue weighted by Crippen LogP contribution is -2.16. The molecule has 0 bridgehead atoms. The lowest BCUT2D eigenvalue weighted by atomic mass is 10.2. The summed E-state index contributed by atoms with van der Waals surface area (Å²) in [5.41, 5.74) is 7.48. The third-order valence-corrected chi connectivity index (χ3v) is 2.22. The van der Waals surface area contributed by atoms with Gasteiger partial charge in [0.25, 0.3) is 5.91 Å². The molecule has 0 saturated carbocycles. The zero-order valence-corrected chi connectivity index (χ0v) is 9.34. The zero-order valence-electron chi connectivity index (χ0n) is 9.34. The molecule has 0 spiro atoms. The van der Waals surface area contributed by atoms with Gasteiger partial charge in [-0.25, -0.2) is 9.97 Å². The van der Waals surface area contributed by atoms with Crippen molar-refractivity contribution in [1.29, 1.82) is 0 Å². The van der Waals surface area contributed by atoms with Crippen LogP contribution in [-0.2, 0) is 0 Å². The van der Waals surface area contributed by atoms with Crippen molar-refractivity contribution in [3.63, 3.8) is 0 Å². The SMILES string of the molecule is Cc1cccc(NC(=O)c2nccnc2N)c1. The van der Waals surface area contributed by atoms with E-state index in [4.69, 9.17) is 5.73 Å². The quantitative estimate of drug-likeness (QED) is 0.818. The first-order chi connectivity index (χ1) is 8.16. The number of nitrogens with zero attached hydrogens (tertiary/aromatic N) is 2. The number of amides is 1. The van der Waals surface area contributed by atoms with Crippen LogP contribution in [0.5, 0.6) is 0 Å². The summed E-state index contributed by atoms with van der Waals surface area (Å²) in [6, 6.07) is 7.49. The summed E-state index contributed by atoms with van der Waals surface area (Å²) in [5, 5.41) is 2.72. The number of aromatic nitrogens is 2. The molecule has 2 aromatic rings. The van der Waals surface area contributed by atoms with Gasteiger partial charge < -0.3 is 11.1 Å². The molecule has 0 radical (unpaired) electrons. The Balaban J connectivity index is 2.20. The van der Waals surface area contributed by atoms with E-state index in [-0.39, 0.29) is 17.4 Å². The molecule has 1 aromatic heterocycles. The van der Waals surface area contributed by atoms with Crippen molar-refractivity contribution < 1.29 is 4.79 Å². The fourth-order valence-corrected chi connectivity index (χ4v) is 1.44. The minimum Gasteiger partial charge on any atom is -0.382 e. The molecule has 0 fully saturated rings. The van der Waals surface area contributed by atoms with Crippen LogP contribution in [0.3, 0.4) is 0 Å². The molecule has 1 heterocycles. The molecule has 2 rings (SSSR count). The maximum atomic E-state index is 11.9. The number of carbonyl (C=O) groups is 1. The third kappa shape index (κ3) is 2.57. The molecule has 0 unspecified atom stereocenters. The van der Waals surface area contributed by atoms with Gasteiger partial charge in [-0.05, 0) is 24.6 Å². The molecule has 1 amide bonds. The summed E-state index contributed by atoms with van der Waals surface area (Å²) >= 11 is 0. The second kappa shape index (κ2) is 4.61. The normalized spacial score (nSPS) is 9.94. The molecule has 0 atom stereocenters. The van der Waals surface area contributed by atoms with Gasteiger partial charge in [0, 0.05) is 18.1 Å². The van der Waals surface area contributed by atoms with Crippen LogP contribution in [-0.4, -0.2) is 15.9 Å². The average molecular weight is 228 g/mol. The Morgan fingerprint density at radius 3 is 2.76 bits per heavy atom. The average Bonchev–Trinajstić information content (AvgIpc) is 2.29. The van der Waals surface area contributed by atoms with Gasteiger partial charge in [-0.15, -0.1) is 0 Å². The van der Waals surface area contributed by atoms with Gasteiger partial charge in [0.1, 0.15) is 0 Å². The summed E-state index contributed by atoms with van der Waals surface area (Å²) in [6.07, 6.45) is 2.88. The smallest absolute Gasteiger partial charge is 0.278 e. The first-order valence-electron chi connectivity index (χ1n) is 5.11. The van der Waals surface area contributed by atoms with E-state index in [9.17, 15) is 4.79 Å². The Morgan fingerprint density at radius 1 is 1.29 bits per heavy atom. The van der Waals surface area contributed by atoms with Crippen LogP contribution in [0, 0.1) is 6.92 Å². The van der Waals surface area contributed by atoms with Crippen molar-refractivity contribution in [1.82, 2.24) is 9.97 Å². The van der Waals surface area contributed by atoms with E-state index in [1.54, 1.807) is 6.07 Å². The molecule has 17 heavy (non-hydrogen) atoms. The van der Waals surface area contributed by atoms with Gasteiger partial charge in [-0.2, -0.15) is 0 Å². The molecule has 5 nitrogen and oxygen atoms in total. The predicted molar refractivity (Wildman–Crippen MR) is 65.6 cm³/mol. The summed E-state index contributed by atoms with van der Waals surface area (Å²) in [6.45, 7) is 1.95. The number of anilines is 2. The molecule has 0 aliphatic heterocycles. The van der Waals surface area contributed by atoms with Crippen LogP contribution in [0.25, 0.3) is 0 Å². The number of nitrogen functional groups attached to an aromatic ring is 1. The maximum absolute atomic E-state index is 11.9. The van der Waals surface area contributed by atoms with Gasteiger partial charge in [0.05, 0.1) is 0 Å². The Bertz CT molecular complexity index is 554. The number of nitrogens with one attached hydrogen (secondary N) is 1. The van der Waals surface area contributed by atoms with Crippen molar-refractivity contribution in [3.8, 4) is 0 Å². The lowest BCUT2D eigenvalue weighted by Gasteiger charge is -2.06. The summed E-state index contributed by atoms with van der Waals surface area (Å²) in [4.78, 5) is 19.6. The fraction of sp³-hybridized carbons (Fsp3) is 0.0833. The van der Waals surface area contributed by atoms with Crippen molar-refractivity contribution in [3.05, 3.63) is 47.9 Å². The number of carbonyl (C=O) groups excluding carboxylic acids is 1. The lowest BCUT2D eigenvalue weighted by molar-refractivity contribution is 0.102. The second-order valence-corrected chi connectivity index (χ2v) is 3.61. The van der Waals surface area contributed by atoms with E-state index in [2.05, 4.69) is 15.3 Å². The minimum atomic E-state index is -0.360. The van der Waals surface area contributed by atoms with Crippen LogP contribution < -0.4 is 11.1 Å². The highest BCUT2D eigenvalue weighted by atomic mass is 16.1. The molecule has 86 valence electrons. The van der Waals surface area contributed by atoms with Crippen LogP contribution in [0.15, 0.2) is 36.7 Å². The summed E-state index contributed by atoms with van der Waals surface area (Å²) < 4.78 is 0. The Kier molecular flexibility index (Phi) is 3.00. The van der Waals surface area contributed by atoms with Gasteiger partial charge >= 0.3 is 0 Å². The van der Waals surface area contributed by atoms with Crippen molar-refractivity contribution >= 4 is 17.4 Å². The van der Waals surface area contributed by atoms with Gasteiger partial charge in [0.2, 0.25) is 0 Å². The number of hydrogen-bond donors (Lipinski definition) is 2. The number of aryl methyl sites for hydroxylation is 1. The molecular weight excluding hydrogens is 216 g/mol. The third-order valence-electron chi connectivity index (χ3n) is 2.22. The van der Waals surface area contributed by atoms with Crippen LogP contribution in [0.2, 0.25) is 0 Å². The topological polar surface area (TPSA) is 80.9 Å². The highest BCUT2D eigenvalue weighted by Crippen LogP contribution is 2.12. The van der Waals surface area contributed by atoms with Crippen molar-refractivity contribution in [2.24, 2.45) is 0 Å². The first-order valence-corrected chi connectivity index (χ1v) is 5.11. The van der Waals surface area contributed by atoms with Crippen molar-refractivity contribution in [2.45, 2.75) is 6.92 Å². The van der Waals surface area contributed by atoms with E-state index in [1.165, 1.54) is 12.4 Å². The van der Waals surface area contributed by atoms with Gasteiger partial charge in [-0.1, -0.05) is 12.1 Å². The molecule has 5 heteroatoms. The molecule has 0 aliphatic carbocycles. The number of hydrogen-bond acceptors (Lipinski definition) is 4. The van der Waals surface area contributed by atoms with Crippen LogP contribution in [0.1, 0.15) is 16.1 Å². The maximum Gasteiger partial charge on any atom is 0.278 e. The molecule has 0 saturated heterocycles. The van der Waals surface area contributed by atoms with E-state index < -0.39 is 0 Å². The Morgan fingerprint density at radius 2 is 2.06 bits per heavy atom. The van der Waals surface area contributed by atoms with E-state index >= 15 is 0 Å². The molecule has 3 N–H and O–H groups in total. The summed E-state index contributed by atoms with van der Waals surface area (Å²) in [5.74, 6) is -0.237. The highest BCUT2D eigenvalue weighted by Gasteiger charge is 2.11. The monoisotopic (exact) mass is 228 g/mol. The zero-order chi connectivity index (χ0) is 12.3. The van der Waals surface area contributed by atoms with Crippen LogP contribution in [0.4, 0.5) is 11.5 Å².